The van der Waals surface area contributed by atoms with Crippen LogP contribution in [0.25, 0.3) is 0 Å². The van der Waals surface area contributed by atoms with E-state index in [4.69, 9.17) is 16.3 Å². The van der Waals surface area contributed by atoms with E-state index in [2.05, 4.69) is 15.3 Å². The van der Waals surface area contributed by atoms with Crippen molar-refractivity contribution >= 4 is 17.4 Å². The van der Waals surface area contributed by atoms with Crippen molar-refractivity contribution in [2.24, 2.45) is 0 Å². The molecule has 1 aromatic rings. The van der Waals surface area contributed by atoms with Crippen LogP contribution in [0.1, 0.15) is 12.7 Å². The Morgan fingerprint density at radius 1 is 1.47 bits per heavy atom. The second-order valence-electron chi connectivity index (χ2n) is 5.01. The lowest BCUT2D eigenvalue weighted by molar-refractivity contribution is 0.0459. The molecular weight excluding hydrogens is 268 g/mol. The van der Waals surface area contributed by atoms with Crippen molar-refractivity contribution in [3.05, 3.63) is 17.0 Å². The molecule has 0 aliphatic carbocycles. The summed E-state index contributed by atoms with van der Waals surface area (Å²) in [5, 5.41) is 13.6. The Balaban J connectivity index is 2.66. The average molecular weight is 289 g/mol. The number of hydrogen-bond acceptors (Lipinski definition) is 6. The molecule has 0 aliphatic rings. The summed E-state index contributed by atoms with van der Waals surface area (Å²) in [6, 6.07) is 1.62. The van der Waals surface area contributed by atoms with Crippen LogP contribution < -0.4 is 5.32 Å². The molecule has 0 spiro atoms. The molecule has 0 saturated heterocycles. The van der Waals surface area contributed by atoms with E-state index in [9.17, 15) is 5.11 Å². The molecule has 1 rings (SSSR count). The largest absolute Gasteiger partial charge is 0.387 e. The van der Waals surface area contributed by atoms with Gasteiger partial charge in [0.25, 0.3) is 0 Å². The van der Waals surface area contributed by atoms with E-state index in [1.54, 1.807) is 20.1 Å². The van der Waals surface area contributed by atoms with Crippen LogP contribution in [0.4, 0.5) is 5.82 Å². The molecule has 0 radical (unpaired) electrons. The number of ether oxygens (including phenoxy) is 1. The molecule has 1 atom stereocenters. The van der Waals surface area contributed by atoms with Crippen molar-refractivity contribution < 1.29 is 9.84 Å². The number of aromatic nitrogens is 2. The van der Waals surface area contributed by atoms with Gasteiger partial charge in [0, 0.05) is 26.3 Å². The highest BCUT2D eigenvalue weighted by atomic mass is 35.5. The minimum absolute atomic E-state index is 0.295. The van der Waals surface area contributed by atoms with Crippen molar-refractivity contribution in [3.8, 4) is 0 Å². The molecule has 1 heterocycles. The van der Waals surface area contributed by atoms with Crippen molar-refractivity contribution in [1.29, 1.82) is 0 Å². The second kappa shape index (κ2) is 7.00. The molecule has 0 bridgehead atoms. The van der Waals surface area contributed by atoms with E-state index in [0.717, 1.165) is 0 Å². The average Bonchev–Trinajstić information content (AvgIpc) is 2.24. The predicted molar refractivity (Wildman–Crippen MR) is 75.4 cm³/mol. The smallest absolute Gasteiger partial charge is 0.158 e. The maximum Gasteiger partial charge on any atom is 0.158 e. The fraction of sp³-hybridized carbons (Fsp3) is 0.667. The molecule has 0 saturated carbocycles. The van der Waals surface area contributed by atoms with Gasteiger partial charge in [-0.2, -0.15) is 0 Å². The van der Waals surface area contributed by atoms with E-state index in [-0.39, 0.29) is 0 Å². The summed E-state index contributed by atoms with van der Waals surface area (Å²) in [5.41, 5.74) is -0.859. The molecule has 1 aromatic heterocycles. The standard InChI is InChI=1S/C12H21ClN4O2/c1-12(18,8-17(2)3)7-14-10-5-9(13)15-11(16-10)6-19-4/h5,18H,6-8H2,1-4H3,(H,14,15,16). The predicted octanol–water partition coefficient (Wildman–Crippen LogP) is 1.00. The fourth-order valence-electron chi connectivity index (χ4n) is 1.77. The first kappa shape index (κ1) is 16.1. The maximum absolute atomic E-state index is 10.2. The Hall–Kier alpha value is -0.950. The normalized spacial score (nSPS) is 14.5. The molecular formula is C12H21ClN4O2. The van der Waals surface area contributed by atoms with Gasteiger partial charge in [-0.25, -0.2) is 9.97 Å². The number of methoxy groups -OCH3 is 1. The quantitative estimate of drug-likeness (QED) is 0.730. The summed E-state index contributed by atoms with van der Waals surface area (Å²) < 4.78 is 4.97. The monoisotopic (exact) mass is 288 g/mol. The van der Waals surface area contributed by atoms with Crippen molar-refractivity contribution in [1.82, 2.24) is 14.9 Å². The third-order valence-electron chi connectivity index (χ3n) is 2.32. The van der Waals surface area contributed by atoms with Gasteiger partial charge in [-0.1, -0.05) is 11.6 Å². The van der Waals surface area contributed by atoms with E-state index < -0.39 is 5.60 Å². The van der Waals surface area contributed by atoms with Crippen molar-refractivity contribution in [3.63, 3.8) is 0 Å². The molecule has 6 nitrogen and oxygen atoms in total. The third-order valence-corrected chi connectivity index (χ3v) is 2.52. The first-order valence-corrected chi connectivity index (χ1v) is 6.33. The van der Waals surface area contributed by atoms with Crippen molar-refractivity contribution in [2.45, 2.75) is 19.1 Å². The van der Waals surface area contributed by atoms with Crippen molar-refractivity contribution in [2.75, 3.05) is 39.6 Å². The summed E-state index contributed by atoms with van der Waals surface area (Å²) >= 11 is 5.90. The van der Waals surface area contributed by atoms with Crippen LogP contribution in [0.5, 0.6) is 0 Å². The van der Waals surface area contributed by atoms with Crippen LogP contribution in [-0.4, -0.2) is 59.9 Å². The first-order valence-electron chi connectivity index (χ1n) is 5.96. The summed E-state index contributed by atoms with van der Waals surface area (Å²) in [5.74, 6) is 1.08. The lowest BCUT2D eigenvalue weighted by Gasteiger charge is -2.27. The molecule has 19 heavy (non-hydrogen) atoms. The van der Waals surface area contributed by atoms with Crippen LogP contribution in [-0.2, 0) is 11.3 Å². The molecule has 0 aromatic carbocycles. The molecule has 108 valence electrons. The minimum Gasteiger partial charge on any atom is -0.387 e. The zero-order valence-electron chi connectivity index (χ0n) is 11.8. The molecule has 0 amide bonds. The van der Waals surface area contributed by atoms with Gasteiger partial charge in [-0.15, -0.1) is 0 Å². The summed E-state index contributed by atoms with van der Waals surface area (Å²) in [7, 11) is 5.39. The lowest BCUT2D eigenvalue weighted by atomic mass is 10.1. The summed E-state index contributed by atoms with van der Waals surface area (Å²) in [6.07, 6.45) is 0. The Labute approximate surface area is 118 Å². The molecule has 0 aliphatic heterocycles. The van der Waals surface area contributed by atoms with Crippen LogP contribution in [0.15, 0.2) is 6.07 Å². The fourth-order valence-corrected chi connectivity index (χ4v) is 1.97. The molecule has 0 fully saturated rings. The molecule has 2 N–H and O–H groups in total. The minimum atomic E-state index is -0.859. The zero-order valence-corrected chi connectivity index (χ0v) is 12.5. The Kier molecular flexibility index (Phi) is 5.93. The highest BCUT2D eigenvalue weighted by Crippen LogP contribution is 2.14. The van der Waals surface area contributed by atoms with Crippen LogP contribution in [0.3, 0.4) is 0 Å². The Bertz CT molecular complexity index is 413. The Morgan fingerprint density at radius 2 is 2.16 bits per heavy atom. The molecule has 1 unspecified atom stereocenters. The topological polar surface area (TPSA) is 70.5 Å². The SMILES string of the molecule is COCc1nc(Cl)cc(NCC(C)(O)CN(C)C)n1. The van der Waals surface area contributed by atoms with Gasteiger partial charge in [-0.3, -0.25) is 0 Å². The van der Waals surface area contributed by atoms with Gasteiger partial charge >= 0.3 is 0 Å². The Morgan fingerprint density at radius 3 is 2.74 bits per heavy atom. The second-order valence-corrected chi connectivity index (χ2v) is 5.40. The van der Waals surface area contributed by atoms with Crippen LogP contribution in [0, 0.1) is 0 Å². The van der Waals surface area contributed by atoms with Crippen LogP contribution in [0.2, 0.25) is 5.15 Å². The van der Waals surface area contributed by atoms with Gasteiger partial charge in [0.2, 0.25) is 0 Å². The van der Waals surface area contributed by atoms with E-state index in [1.165, 1.54) is 0 Å². The number of anilines is 1. The summed E-state index contributed by atoms with van der Waals surface area (Å²) in [6.45, 7) is 2.97. The number of nitrogens with zero attached hydrogens (tertiary/aromatic N) is 3. The first-order chi connectivity index (χ1) is 8.82. The lowest BCUT2D eigenvalue weighted by Crippen LogP contribution is -2.43. The highest BCUT2D eigenvalue weighted by Gasteiger charge is 2.21. The van der Waals surface area contributed by atoms with E-state index in [0.29, 0.717) is 36.5 Å². The van der Waals surface area contributed by atoms with Crippen LogP contribution >= 0.6 is 11.6 Å². The van der Waals surface area contributed by atoms with E-state index in [1.807, 2.05) is 19.0 Å². The van der Waals surface area contributed by atoms with E-state index >= 15 is 0 Å². The van der Waals surface area contributed by atoms with Gasteiger partial charge in [0.05, 0.1) is 5.60 Å². The number of halogens is 1. The summed E-state index contributed by atoms with van der Waals surface area (Å²) in [4.78, 5) is 10.2. The third kappa shape index (κ3) is 6.15. The maximum atomic E-state index is 10.2. The number of likely N-dealkylation sites (N-methyl/N-ethyl adjacent to an activating group) is 1. The van der Waals surface area contributed by atoms with Gasteiger partial charge < -0.3 is 20.1 Å². The number of rotatable bonds is 7. The number of nitrogens with one attached hydrogen (secondary N) is 1. The van der Waals surface area contributed by atoms with Gasteiger partial charge in [0.1, 0.15) is 17.6 Å². The van der Waals surface area contributed by atoms with Gasteiger partial charge in [0.15, 0.2) is 5.82 Å². The molecule has 7 heteroatoms. The highest BCUT2D eigenvalue weighted by molar-refractivity contribution is 6.29. The number of aliphatic hydroxyl groups is 1. The number of hydrogen-bond donors (Lipinski definition) is 2. The zero-order chi connectivity index (χ0) is 14.5. The van der Waals surface area contributed by atoms with Gasteiger partial charge in [-0.05, 0) is 21.0 Å².